The van der Waals surface area contributed by atoms with Gasteiger partial charge in [-0.1, -0.05) is 24.3 Å². The normalized spacial score (nSPS) is 11.1. The molecular weight excluding hydrogens is 413 g/mol. The molecule has 0 spiro atoms. The first-order chi connectivity index (χ1) is 14.6. The van der Waals surface area contributed by atoms with E-state index in [0.29, 0.717) is 33.6 Å². The lowest BCUT2D eigenvalue weighted by Crippen LogP contribution is -2.30. The van der Waals surface area contributed by atoms with Gasteiger partial charge in [0.1, 0.15) is 5.75 Å². The van der Waals surface area contributed by atoms with E-state index in [-0.39, 0.29) is 11.4 Å². The minimum atomic E-state index is -5.05. The van der Waals surface area contributed by atoms with Crippen LogP contribution < -0.4 is 10.1 Å². The van der Waals surface area contributed by atoms with E-state index in [1.54, 1.807) is 43.3 Å². The third-order valence-electron chi connectivity index (χ3n) is 4.55. The van der Waals surface area contributed by atoms with Crippen LogP contribution in [0.1, 0.15) is 5.56 Å². The quantitative estimate of drug-likeness (QED) is 0.413. The van der Waals surface area contributed by atoms with Crippen molar-refractivity contribution < 1.29 is 27.6 Å². The number of anilines is 1. The number of benzene rings is 3. The standard InChI is InChI=1S/C22H17F3N2O4/c1-13-7-8-18(20(9-13)27(29)30)15-10-14(11-16(12-15)31-2)17-5-3-4-6-19(17)26-21(28)22(23,24)25/h3-12H,1-2H3,(H,26,28). The second kappa shape index (κ2) is 8.47. The van der Waals surface area contributed by atoms with Crippen molar-refractivity contribution in [1.29, 1.82) is 0 Å². The molecule has 1 N–H and O–H groups in total. The van der Waals surface area contributed by atoms with Crippen molar-refractivity contribution in [2.45, 2.75) is 13.1 Å². The fourth-order valence-corrected chi connectivity index (χ4v) is 3.10. The summed E-state index contributed by atoms with van der Waals surface area (Å²) in [6.45, 7) is 1.73. The Hall–Kier alpha value is -3.88. The molecule has 160 valence electrons. The van der Waals surface area contributed by atoms with E-state index >= 15 is 0 Å². The third kappa shape index (κ3) is 4.82. The molecule has 0 aromatic heterocycles. The Morgan fingerprint density at radius 1 is 1.00 bits per heavy atom. The average Bonchev–Trinajstić information content (AvgIpc) is 2.73. The molecule has 0 radical (unpaired) electrons. The molecule has 0 fully saturated rings. The minimum absolute atomic E-state index is 0.0533. The summed E-state index contributed by atoms with van der Waals surface area (Å²) in [7, 11) is 1.41. The van der Waals surface area contributed by atoms with E-state index in [0.717, 1.165) is 0 Å². The van der Waals surface area contributed by atoms with Crippen molar-refractivity contribution in [1.82, 2.24) is 0 Å². The Labute approximate surface area is 175 Å². The highest BCUT2D eigenvalue weighted by Crippen LogP contribution is 2.38. The van der Waals surface area contributed by atoms with Crippen LogP contribution in [0.15, 0.2) is 60.7 Å². The van der Waals surface area contributed by atoms with Crippen molar-refractivity contribution in [3.8, 4) is 28.0 Å². The molecule has 0 aliphatic carbocycles. The Morgan fingerprint density at radius 3 is 2.26 bits per heavy atom. The van der Waals surface area contributed by atoms with Gasteiger partial charge in [-0.3, -0.25) is 14.9 Å². The lowest BCUT2D eigenvalue weighted by atomic mass is 9.96. The van der Waals surface area contributed by atoms with Crippen LogP contribution in [0, 0.1) is 17.0 Å². The number of nitrogens with one attached hydrogen (secondary N) is 1. The number of ether oxygens (including phenoxy) is 1. The van der Waals surface area contributed by atoms with Crippen molar-refractivity contribution in [3.05, 3.63) is 76.3 Å². The average molecular weight is 430 g/mol. The summed E-state index contributed by atoms with van der Waals surface area (Å²) in [4.78, 5) is 22.5. The van der Waals surface area contributed by atoms with Gasteiger partial charge in [-0.05, 0) is 53.9 Å². The number of carbonyl (C=O) groups excluding carboxylic acids is 1. The minimum Gasteiger partial charge on any atom is -0.497 e. The molecule has 0 aliphatic rings. The van der Waals surface area contributed by atoms with Gasteiger partial charge in [0.2, 0.25) is 0 Å². The number of nitro groups is 1. The lowest BCUT2D eigenvalue weighted by Gasteiger charge is -2.15. The molecule has 0 aliphatic heterocycles. The fraction of sp³-hybridized carbons (Fsp3) is 0.136. The van der Waals surface area contributed by atoms with Crippen molar-refractivity contribution in [3.63, 3.8) is 0 Å². The SMILES string of the molecule is COc1cc(-c2ccccc2NC(=O)C(F)(F)F)cc(-c2ccc(C)cc2[N+](=O)[O-])c1. The predicted octanol–water partition coefficient (Wildman–Crippen LogP) is 5.75. The largest absolute Gasteiger partial charge is 0.497 e. The zero-order valence-electron chi connectivity index (χ0n) is 16.5. The Morgan fingerprint density at radius 2 is 1.65 bits per heavy atom. The van der Waals surface area contributed by atoms with Crippen molar-refractivity contribution >= 4 is 17.3 Å². The van der Waals surface area contributed by atoms with E-state index < -0.39 is 17.0 Å². The molecule has 0 unspecified atom stereocenters. The van der Waals surface area contributed by atoms with Gasteiger partial charge >= 0.3 is 12.1 Å². The smallest absolute Gasteiger partial charge is 0.471 e. The van der Waals surface area contributed by atoms with Crippen LogP contribution in [-0.4, -0.2) is 24.1 Å². The van der Waals surface area contributed by atoms with Gasteiger partial charge in [0, 0.05) is 17.3 Å². The number of hydrogen-bond acceptors (Lipinski definition) is 4. The zero-order chi connectivity index (χ0) is 22.8. The topological polar surface area (TPSA) is 81.5 Å². The van der Waals surface area contributed by atoms with Gasteiger partial charge in [-0.25, -0.2) is 0 Å². The second-order valence-electron chi connectivity index (χ2n) is 6.73. The number of para-hydroxylation sites is 1. The maximum atomic E-state index is 12.7. The summed E-state index contributed by atoms with van der Waals surface area (Å²) in [6, 6.07) is 15.5. The predicted molar refractivity (Wildman–Crippen MR) is 110 cm³/mol. The van der Waals surface area contributed by atoms with Crippen molar-refractivity contribution in [2.24, 2.45) is 0 Å². The van der Waals surface area contributed by atoms with Crippen LogP contribution in [0.4, 0.5) is 24.5 Å². The molecule has 3 aromatic rings. The van der Waals surface area contributed by atoms with Crippen LogP contribution in [0.25, 0.3) is 22.3 Å². The molecule has 9 heteroatoms. The van der Waals surface area contributed by atoms with E-state index in [1.807, 2.05) is 5.32 Å². The number of aryl methyl sites for hydroxylation is 1. The summed E-state index contributed by atoms with van der Waals surface area (Å²) in [5.41, 5.74) is 2.03. The number of alkyl halides is 3. The van der Waals surface area contributed by atoms with Gasteiger partial charge in [0.25, 0.3) is 5.69 Å². The summed E-state index contributed by atoms with van der Waals surface area (Å²) < 4.78 is 43.5. The molecule has 3 aromatic carbocycles. The molecule has 3 rings (SSSR count). The number of amides is 1. The van der Waals surface area contributed by atoms with E-state index in [4.69, 9.17) is 4.74 Å². The molecule has 0 saturated heterocycles. The first-order valence-corrected chi connectivity index (χ1v) is 9.02. The third-order valence-corrected chi connectivity index (χ3v) is 4.55. The molecule has 31 heavy (non-hydrogen) atoms. The summed E-state index contributed by atoms with van der Waals surface area (Å²) in [5.74, 6) is -1.75. The number of carbonyl (C=O) groups is 1. The number of methoxy groups -OCH3 is 1. The summed E-state index contributed by atoms with van der Waals surface area (Å²) >= 11 is 0. The van der Waals surface area contributed by atoms with Gasteiger partial charge in [-0.15, -0.1) is 0 Å². The van der Waals surface area contributed by atoms with Gasteiger partial charge in [0.05, 0.1) is 17.6 Å². The van der Waals surface area contributed by atoms with E-state index in [1.165, 1.54) is 31.4 Å². The number of halogens is 3. The highest BCUT2D eigenvalue weighted by Gasteiger charge is 2.39. The summed E-state index contributed by atoms with van der Waals surface area (Å²) in [6.07, 6.45) is -5.05. The molecule has 0 atom stereocenters. The molecule has 0 heterocycles. The zero-order valence-corrected chi connectivity index (χ0v) is 16.5. The molecule has 0 saturated carbocycles. The maximum Gasteiger partial charge on any atom is 0.471 e. The van der Waals surface area contributed by atoms with E-state index in [2.05, 4.69) is 0 Å². The highest BCUT2D eigenvalue weighted by molar-refractivity contribution is 5.99. The summed E-state index contributed by atoms with van der Waals surface area (Å²) in [5, 5.41) is 13.4. The number of rotatable bonds is 5. The first-order valence-electron chi connectivity index (χ1n) is 9.02. The number of hydrogen-bond donors (Lipinski definition) is 1. The molecule has 6 nitrogen and oxygen atoms in total. The second-order valence-corrected chi connectivity index (χ2v) is 6.73. The van der Waals surface area contributed by atoms with Crippen LogP contribution in [0.2, 0.25) is 0 Å². The molecule has 0 bridgehead atoms. The van der Waals surface area contributed by atoms with Crippen LogP contribution in [-0.2, 0) is 4.79 Å². The number of nitrogens with zero attached hydrogens (tertiary/aromatic N) is 1. The first kappa shape index (κ1) is 21.8. The maximum absolute atomic E-state index is 12.7. The van der Waals surface area contributed by atoms with Crippen LogP contribution in [0.3, 0.4) is 0 Å². The highest BCUT2D eigenvalue weighted by atomic mass is 19.4. The van der Waals surface area contributed by atoms with Crippen molar-refractivity contribution in [2.75, 3.05) is 12.4 Å². The van der Waals surface area contributed by atoms with Crippen LogP contribution in [0.5, 0.6) is 5.75 Å². The monoisotopic (exact) mass is 430 g/mol. The van der Waals surface area contributed by atoms with Gasteiger partial charge in [-0.2, -0.15) is 13.2 Å². The Balaban J connectivity index is 2.16. The molecule has 1 amide bonds. The van der Waals surface area contributed by atoms with Gasteiger partial charge in [0.15, 0.2) is 0 Å². The van der Waals surface area contributed by atoms with E-state index in [9.17, 15) is 28.1 Å². The van der Waals surface area contributed by atoms with Gasteiger partial charge < -0.3 is 10.1 Å². The lowest BCUT2D eigenvalue weighted by molar-refractivity contribution is -0.384. The van der Waals surface area contributed by atoms with Crippen LogP contribution >= 0.6 is 0 Å². The Bertz CT molecular complexity index is 1160. The Kier molecular flexibility index (Phi) is 5.96. The fourth-order valence-electron chi connectivity index (χ4n) is 3.10. The number of nitro benzene ring substituents is 1. The molecular formula is C22H17F3N2O4.